The first-order valence-electron chi connectivity index (χ1n) is 12.6. The number of aryl methyl sites for hydroxylation is 1. The smallest absolute Gasteiger partial charge is 0.182 e. The molecule has 0 bridgehead atoms. The molecule has 3 nitrogen and oxygen atoms in total. The van der Waals surface area contributed by atoms with Crippen LogP contribution in [0.3, 0.4) is 0 Å². The molecule has 3 atom stereocenters. The first-order valence-corrected chi connectivity index (χ1v) is 14.9. The van der Waals surface area contributed by atoms with Crippen LogP contribution in [0, 0.1) is 23.2 Å². The topological polar surface area (TPSA) is 42.2 Å². The highest BCUT2D eigenvalue weighted by Gasteiger charge is 2.33. The number of ether oxygens (including phenoxy) is 1. The van der Waals surface area contributed by atoms with Gasteiger partial charge in [0.15, 0.2) is 5.75 Å². The van der Waals surface area contributed by atoms with Crippen LogP contribution in [0.5, 0.6) is 11.5 Å². The van der Waals surface area contributed by atoms with E-state index in [1.54, 1.807) is 11.8 Å². The van der Waals surface area contributed by atoms with E-state index in [1.807, 2.05) is 38.5 Å². The second-order valence-corrected chi connectivity index (χ2v) is 10.2. The highest BCUT2D eigenvalue weighted by Crippen LogP contribution is 2.42. The minimum absolute atomic E-state index is 0.209. The Hall–Kier alpha value is -1.54. The van der Waals surface area contributed by atoms with Gasteiger partial charge in [-0.25, -0.2) is 0 Å². The molecular formula is C29H41Cl2NO2S. The van der Waals surface area contributed by atoms with Crippen molar-refractivity contribution in [2.75, 3.05) is 19.1 Å². The van der Waals surface area contributed by atoms with Crippen LogP contribution in [0.15, 0.2) is 30.3 Å². The zero-order chi connectivity index (χ0) is 26.4. The number of rotatable bonds is 5. The summed E-state index contributed by atoms with van der Waals surface area (Å²) in [6.45, 7) is 11.3. The number of hydrogen-bond acceptors (Lipinski definition) is 4. The van der Waals surface area contributed by atoms with E-state index in [4.69, 9.17) is 32.5 Å². The van der Waals surface area contributed by atoms with Gasteiger partial charge in [0.05, 0.1) is 17.2 Å². The van der Waals surface area contributed by atoms with E-state index in [-0.39, 0.29) is 11.7 Å². The summed E-state index contributed by atoms with van der Waals surface area (Å²) in [4.78, 5) is 0. The monoisotopic (exact) mass is 537 g/mol. The van der Waals surface area contributed by atoms with Crippen molar-refractivity contribution >= 4 is 35.2 Å². The Morgan fingerprint density at radius 2 is 1.77 bits per heavy atom. The molecule has 0 radical (unpaired) electrons. The molecule has 2 aromatic rings. The summed E-state index contributed by atoms with van der Waals surface area (Å²) in [6.07, 6.45) is 9.77. The molecule has 2 aromatic carbocycles. The molecule has 2 aliphatic carbocycles. The molecule has 1 saturated carbocycles. The number of benzene rings is 2. The quantitative estimate of drug-likeness (QED) is 0.380. The third-order valence-corrected chi connectivity index (χ3v) is 6.27. The Morgan fingerprint density at radius 1 is 1.14 bits per heavy atom. The highest BCUT2D eigenvalue weighted by molar-refractivity contribution is 7.97. The molecular weight excluding hydrogens is 497 g/mol. The maximum atomic E-state index is 9.39. The fourth-order valence-electron chi connectivity index (χ4n) is 4.04. The van der Waals surface area contributed by atoms with Crippen LogP contribution < -0.4 is 9.03 Å². The number of thioether (sulfide) groups is 1. The Kier molecular flexibility index (Phi) is 15.3. The average Bonchev–Trinajstić information content (AvgIpc) is 3.58. The lowest BCUT2D eigenvalue weighted by atomic mass is 9.78. The molecule has 0 aromatic heterocycles. The van der Waals surface area contributed by atoms with Crippen LogP contribution in [-0.2, 0) is 6.42 Å². The van der Waals surface area contributed by atoms with Gasteiger partial charge in [0.1, 0.15) is 23.7 Å². The maximum Gasteiger partial charge on any atom is 0.182 e. The normalized spacial score (nSPS) is 19.1. The van der Waals surface area contributed by atoms with Crippen molar-refractivity contribution in [2.45, 2.75) is 72.6 Å². The average molecular weight is 539 g/mol. The summed E-state index contributed by atoms with van der Waals surface area (Å²) in [5, 5.41) is 9.76. The summed E-state index contributed by atoms with van der Waals surface area (Å²) < 4.78 is 10.8. The Balaban J connectivity index is 0.000000683. The van der Waals surface area contributed by atoms with E-state index in [1.165, 1.54) is 24.0 Å². The van der Waals surface area contributed by atoms with Crippen LogP contribution in [0.1, 0.15) is 88.5 Å². The van der Waals surface area contributed by atoms with Crippen molar-refractivity contribution in [3.8, 4) is 17.6 Å². The predicted molar refractivity (Wildman–Crippen MR) is 153 cm³/mol. The fourth-order valence-corrected chi connectivity index (χ4v) is 4.51. The largest absolute Gasteiger partial charge is 0.493 e. The standard InChI is InChI=1S/C22H21Cl2NO2.C3H8.C2H6S.C2H6/c1-13-7-17(13)12-26-18-5-6-20-14(9-18)3-2-4-19(20)15-8-16(11-25)22(27-24)21(23)10-15;2*1-3-2;1-2/h5-6,8-10,13,17,19H,2-4,7,12H2,1H3;3H2,1-2H3;1-2H3;1-2H3. The Morgan fingerprint density at radius 3 is 2.31 bits per heavy atom. The van der Waals surface area contributed by atoms with Crippen LogP contribution in [0.25, 0.3) is 0 Å². The summed E-state index contributed by atoms with van der Waals surface area (Å²) in [5.74, 6) is 2.89. The van der Waals surface area contributed by atoms with Crippen molar-refractivity contribution < 1.29 is 9.03 Å². The molecule has 194 valence electrons. The van der Waals surface area contributed by atoms with Gasteiger partial charge in [0, 0.05) is 5.92 Å². The number of hydrogen-bond donors (Lipinski definition) is 0. The van der Waals surface area contributed by atoms with Gasteiger partial charge in [-0.05, 0) is 91.0 Å². The van der Waals surface area contributed by atoms with Crippen LogP contribution >= 0.6 is 35.2 Å². The first-order chi connectivity index (χ1) is 16.9. The first kappa shape index (κ1) is 31.5. The summed E-state index contributed by atoms with van der Waals surface area (Å²) >= 11 is 13.5. The number of fused-ring (bicyclic) bond motifs is 1. The van der Waals surface area contributed by atoms with E-state index in [9.17, 15) is 5.26 Å². The van der Waals surface area contributed by atoms with Crippen LogP contribution in [0.4, 0.5) is 0 Å². The van der Waals surface area contributed by atoms with Crippen molar-refractivity contribution in [3.63, 3.8) is 0 Å². The van der Waals surface area contributed by atoms with E-state index >= 15 is 0 Å². The molecule has 2 aliphatic rings. The number of nitriles is 1. The lowest BCUT2D eigenvalue weighted by Gasteiger charge is -2.27. The molecule has 0 aliphatic heterocycles. The zero-order valence-corrected chi connectivity index (χ0v) is 24.6. The van der Waals surface area contributed by atoms with Crippen LogP contribution in [0.2, 0.25) is 5.02 Å². The number of halogens is 2. The molecule has 0 amide bonds. The van der Waals surface area contributed by atoms with Gasteiger partial charge in [0.25, 0.3) is 0 Å². The van der Waals surface area contributed by atoms with Crippen molar-refractivity contribution in [1.82, 2.24) is 0 Å². The summed E-state index contributed by atoms with van der Waals surface area (Å²) in [5.41, 5.74) is 3.99. The minimum atomic E-state index is 0.209. The lowest BCUT2D eigenvalue weighted by Crippen LogP contribution is -2.12. The number of nitrogens with zero attached hydrogens (tertiary/aromatic N) is 1. The third kappa shape index (κ3) is 9.45. The van der Waals surface area contributed by atoms with E-state index < -0.39 is 0 Å². The SMILES string of the molecule is CC.CC1CC1COc1ccc2c(c1)CCCC2c1cc(Cl)c(OCl)c(C#N)c1.CCC.CSC. The lowest BCUT2D eigenvalue weighted by molar-refractivity contribution is 0.293. The predicted octanol–water partition coefficient (Wildman–Crippen LogP) is 9.67. The van der Waals surface area contributed by atoms with Gasteiger partial charge >= 0.3 is 0 Å². The van der Waals surface area contributed by atoms with Crippen LogP contribution in [-0.4, -0.2) is 19.1 Å². The van der Waals surface area contributed by atoms with Crippen molar-refractivity contribution in [1.29, 1.82) is 5.26 Å². The molecule has 35 heavy (non-hydrogen) atoms. The fraction of sp³-hybridized carbons (Fsp3) is 0.552. The van der Waals surface area contributed by atoms with Gasteiger partial charge in [-0.1, -0.05) is 58.7 Å². The van der Waals surface area contributed by atoms with Gasteiger partial charge in [-0.2, -0.15) is 17.0 Å². The van der Waals surface area contributed by atoms with Crippen molar-refractivity contribution in [3.05, 3.63) is 57.6 Å². The van der Waals surface area contributed by atoms with Gasteiger partial charge in [-0.3, -0.25) is 0 Å². The zero-order valence-electron chi connectivity index (χ0n) is 22.3. The molecule has 0 saturated heterocycles. The Bertz CT molecular complexity index is 943. The highest BCUT2D eigenvalue weighted by atomic mass is 35.5. The van der Waals surface area contributed by atoms with E-state index in [2.05, 4.69) is 45.0 Å². The Labute approximate surface area is 227 Å². The minimum Gasteiger partial charge on any atom is -0.493 e. The molecule has 0 N–H and O–H groups in total. The van der Waals surface area contributed by atoms with Gasteiger partial charge < -0.3 is 9.03 Å². The summed E-state index contributed by atoms with van der Waals surface area (Å²) in [7, 11) is 0. The maximum absolute atomic E-state index is 9.39. The second-order valence-electron chi connectivity index (χ2n) is 8.77. The van der Waals surface area contributed by atoms with Gasteiger partial charge in [0.2, 0.25) is 0 Å². The molecule has 4 rings (SSSR count). The molecule has 0 heterocycles. The third-order valence-electron chi connectivity index (χ3n) is 5.83. The molecule has 3 unspecified atom stereocenters. The van der Waals surface area contributed by atoms with E-state index in [0.29, 0.717) is 16.5 Å². The molecule has 6 heteroatoms. The molecule has 1 fully saturated rings. The van der Waals surface area contributed by atoms with Gasteiger partial charge in [-0.15, -0.1) is 0 Å². The molecule has 0 spiro atoms. The second kappa shape index (κ2) is 17.0. The van der Waals surface area contributed by atoms with E-state index in [0.717, 1.165) is 43.1 Å². The summed E-state index contributed by atoms with van der Waals surface area (Å²) in [6, 6.07) is 12.2. The van der Waals surface area contributed by atoms with Crippen molar-refractivity contribution in [2.24, 2.45) is 11.8 Å².